The van der Waals surface area contributed by atoms with E-state index in [4.69, 9.17) is 29.1 Å². The van der Waals surface area contributed by atoms with Crippen LogP contribution >= 0.6 is 35.2 Å². The third-order valence-electron chi connectivity index (χ3n) is 9.51. The molecule has 31 heteroatoms. The number of nitrogens with two attached hydrogens (primary N) is 1. The standard InChI is InChI=1S/C29H46N7O20P3S/c1-27(2,22(40)25(41)32-7-5-17(37)31-8-9-60-18(38)10-29(44)6-4-15(29)26(42)43)12-53-59(50,51)56-58(48,49)52-11-16-20(55-57(45,46)47)21(39)28(3,54-16)36-14-35-19-23(30)33-13-34-24(19)36/h13-16,20-22,39-40,44H,4-12H2,1-3H3,(H,31,37)(H,32,41)(H,42,43)(H,48,49)(H,50,51)(H2,30,33,34)(H2,45,46,47). The number of carboxylic acid groups (broad SMARTS) is 1. The van der Waals surface area contributed by atoms with Gasteiger partial charge in [0.2, 0.25) is 11.8 Å². The zero-order chi connectivity index (χ0) is 45.1. The van der Waals surface area contributed by atoms with E-state index in [1.165, 1.54) is 20.8 Å². The van der Waals surface area contributed by atoms with Gasteiger partial charge in [0.15, 0.2) is 22.3 Å². The summed E-state index contributed by atoms with van der Waals surface area (Å²) in [5, 5.41) is 45.5. The number of phosphoric acid groups is 3. The SMILES string of the molecule is CC(C)(COP(=O)(O)OP(=O)(O)OCC1OC(C)(n2cnc3c(N)ncnc32)C(O)C1OP(=O)(O)O)C(O)C(=O)NCCC(=O)NCCSC(=O)CC1(O)CCC1C(=O)O. The van der Waals surface area contributed by atoms with Crippen LogP contribution in [0.1, 0.15) is 46.5 Å². The van der Waals surface area contributed by atoms with E-state index >= 15 is 0 Å². The summed E-state index contributed by atoms with van der Waals surface area (Å²) in [6.45, 7) is 1.32. The summed E-state index contributed by atoms with van der Waals surface area (Å²) >= 11 is 0.807. The van der Waals surface area contributed by atoms with Crippen LogP contribution in [-0.4, -0.2) is 144 Å². The van der Waals surface area contributed by atoms with E-state index < -0.39 is 107 Å². The molecule has 1 aliphatic carbocycles. The lowest BCUT2D eigenvalue weighted by molar-refractivity contribution is -0.168. The third kappa shape index (κ3) is 12.6. The summed E-state index contributed by atoms with van der Waals surface area (Å²) in [5.74, 6) is -3.71. The van der Waals surface area contributed by atoms with Gasteiger partial charge in [0.05, 0.1) is 31.1 Å². The smallest absolute Gasteiger partial charge is 0.481 e. The highest BCUT2D eigenvalue weighted by atomic mass is 32.2. The van der Waals surface area contributed by atoms with Gasteiger partial charge >= 0.3 is 29.4 Å². The number of thioether (sulfide) groups is 1. The minimum absolute atomic E-state index is 0.00428. The molecule has 0 spiro atoms. The number of imidazole rings is 1. The Labute approximate surface area is 344 Å². The van der Waals surface area contributed by atoms with Gasteiger partial charge in [-0.1, -0.05) is 25.6 Å². The van der Waals surface area contributed by atoms with Gasteiger partial charge < -0.3 is 61.1 Å². The average molecular weight is 938 g/mol. The summed E-state index contributed by atoms with van der Waals surface area (Å²) in [7, 11) is -16.5. The van der Waals surface area contributed by atoms with E-state index in [9.17, 15) is 67.8 Å². The Morgan fingerprint density at radius 2 is 1.75 bits per heavy atom. The second kappa shape index (κ2) is 19.2. The molecule has 12 N–H and O–H groups in total. The van der Waals surface area contributed by atoms with Gasteiger partial charge in [-0.05, 0) is 19.8 Å². The lowest BCUT2D eigenvalue weighted by Gasteiger charge is -2.42. The Kier molecular flexibility index (Phi) is 15.9. The Hall–Kier alpha value is -3.01. The topological polar surface area (TPSA) is 421 Å². The number of carbonyl (C=O) groups excluding carboxylic acids is 3. The summed E-state index contributed by atoms with van der Waals surface area (Å²) in [4.78, 5) is 99.3. The molecule has 0 aromatic carbocycles. The quantitative estimate of drug-likeness (QED) is 0.0470. The van der Waals surface area contributed by atoms with Crippen LogP contribution in [0.5, 0.6) is 0 Å². The predicted molar refractivity (Wildman–Crippen MR) is 202 cm³/mol. The number of aliphatic hydroxyl groups is 3. The molecule has 3 heterocycles. The van der Waals surface area contributed by atoms with Crippen LogP contribution in [0.4, 0.5) is 5.82 Å². The van der Waals surface area contributed by atoms with E-state index in [1.54, 1.807) is 0 Å². The Morgan fingerprint density at radius 3 is 2.37 bits per heavy atom. The van der Waals surface area contributed by atoms with Crippen molar-refractivity contribution in [1.29, 1.82) is 0 Å². The third-order valence-corrected chi connectivity index (χ3v) is 13.5. The maximum atomic E-state index is 12.8. The number of aromatic nitrogens is 4. The zero-order valence-electron chi connectivity index (χ0n) is 32.0. The lowest BCUT2D eigenvalue weighted by Crippen LogP contribution is -2.52. The summed E-state index contributed by atoms with van der Waals surface area (Å²) in [6.07, 6.45) is -5.61. The summed E-state index contributed by atoms with van der Waals surface area (Å²) < 4.78 is 62.6. The van der Waals surface area contributed by atoms with Gasteiger partial charge in [0.25, 0.3) is 0 Å². The maximum absolute atomic E-state index is 12.8. The maximum Gasteiger partial charge on any atom is 0.481 e. The number of phosphoric ester groups is 3. The molecule has 2 aliphatic rings. The minimum atomic E-state index is -5.62. The Morgan fingerprint density at radius 1 is 1.08 bits per heavy atom. The first-order chi connectivity index (χ1) is 27.6. The molecule has 2 fully saturated rings. The number of nitrogen functional groups attached to an aromatic ring is 1. The summed E-state index contributed by atoms with van der Waals surface area (Å²) in [5.41, 5.74) is 0.611. The number of rotatable bonds is 22. The first-order valence-corrected chi connectivity index (χ1v) is 23.1. The van der Waals surface area contributed by atoms with Gasteiger partial charge in [-0.15, -0.1) is 0 Å². The number of aliphatic hydroxyl groups excluding tert-OH is 2. The molecular formula is C29H46N7O20P3S. The van der Waals surface area contributed by atoms with Crippen molar-refractivity contribution >= 4 is 75.1 Å². The highest BCUT2D eigenvalue weighted by molar-refractivity contribution is 8.13. The first-order valence-electron chi connectivity index (χ1n) is 17.6. The lowest BCUT2D eigenvalue weighted by atomic mass is 9.68. The van der Waals surface area contributed by atoms with Crippen molar-refractivity contribution in [3.63, 3.8) is 0 Å². The van der Waals surface area contributed by atoms with Crippen molar-refractivity contribution in [2.45, 2.75) is 82.2 Å². The molecule has 0 radical (unpaired) electrons. The summed E-state index contributed by atoms with van der Waals surface area (Å²) in [6, 6.07) is 0. The number of carbonyl (C=O) groups is 4. The largest absolute Gasteiger partial charge is 0.481 e. The average Bonchev–Trinajstić information content (AvgIpc) is 3.66. The normalized spacial score (nSPS) is 27.0. The van der Waals surface area contributed by atoms with Crippen LogP contribution in [0.3, 0.4) is 0 Å². The second-order valence-electron chi connectivity index (χ2n) is 14.6. The number of nitrogens with zero attached hydrogens (tertiary/aromatic N) is 4. The number of fused-ring (bicyclic) bond motifs is 1. The van der Waals surface area contributed by atoms with Crippen molar-refractivity contribution in [3.05, 3.63) is 12.7 Å². The molecule has 1 saturated carbocycles. The number of hydrogen-bond donors (Lipinski definition) is 11. The van der Waals surface area contributed by atoms with E-state index in [0.717, 1.165) is 29.0 Å². The molecule has 2 aromatic rings. The first kappa shape index (κ1) is 49.6. The van der Waals surface area contributed by atoms with Gasteiger partial charge in [0.1, 0.15) is 36.3 Å². The van der Waals surface area contributed by atoms with E-state index in [-0.39, 0.29) is 61.5 Å². The van der Waals surface area contributed by atoms with Gasteiger partial charge in [-0.2, -0.15) is 4.31 Å². The van der Waals surface area contributed by atoms with Gasteiger partial charge in [-0.3, -0.25) is 37.3 Å². The number of aliphatic carboxylic acids is 1. The molecule has 9 atom stereocenters. The van der Waals surface area contributed by atoms with Crippen LogP contribution in [0.25, 0.3) is 11.2 Å². The molecule has 9 unspecified atom stereocenters. The predicted octanol–water partition coefficient (Wildman–Crippen LogP) is -1.55. The van der Waals surface area contributed by atoms with Crippen LogP contribution in [0.2, 0.25) is 0 Å². The fourth-order valence-corrected chi connectivity index (χ4v) is 9.70. The Balaban J connectivity index is 1.22. The highest BCUT2D eigenvalue weighted by Gasteiger charge is 2.57. The monoisotopic (exact) mass is 937 g/mol. The number of amides is 2. The number of carboxylic acids is 1. The van der Waals surface area contributed by atoms with Crippen molar-refractivity contribution in [2.24, 2.45) is 11.3 Å². The van der Waals surface area contributed by atoms with E-state index in [2.05, 4.69) is 29.9 Å². The number of anilines is 1. The van der Waals surface area contributed by atoms with Crippen molar-refractivity contribution in [2.75, 3.05) is 37.8 Å². The van der Waals surface area contributed by atoms with Crippen LogP contribution < -0.4 is 16.4 Å². The molecule has 27 nitrogen and oxygen atoms in total. The number of ether oxygens (including phenoxy) is 1. The number of hydrogen-bond acceptors (Lipinski definition) is 20. The minimum Gasteiger partial charge on any atom is -0.481 e. The molecule has 2 aromatic heterocycles. The molecule has 60 heavy (non-hydrogen) atoms. The van der Waals surface area contributed by atoms with Gasteiger partial charge in [0, 0.05) is 37.1 Å². The van der Waals surface area contributed by atoms with Crippen molar-refractivity contribution < 1.29 is 95.5 Å². The molecule has 1 aliphatic heterocycles. The van der Waals surface area contributed by atoms with Crippen LogP contribution in [-0.2, 0) is 61.2 Å². The molecular weight excluding hydrogens is 891 g/mol. The highest BCUT2D eigenvalue weighted by Crippen LogP contribution is 2.61. The van der Waals surface area contributed by atoms with E-state index in [1.807, 2.05) is 0 Å². The van der Waals surface area contributed by atoms with Gasteiger partial charge in [-0.25, -0.2) is 28.6 Å². The molecule has 1 saturated heterocycles. The van der Waals surface area contributed by atoms with Crippen LogP contribution in [0, 0.1) is 11.3 Å². The molecule has 4 rings (SSSR count). The second-order valence-corrected chi connectivity index (χ2v) is 20.0. The van der Waals surface area contributed by atoms with E-state index in [0.29, 0.717) is 0 Å². The Bertz CT molecular complexity index is 2070. The van der Waals surface area contributed by atoms with Crippen molar-refractivity contribution in [3.8, 4) is 0 Å². The number of nitrogens with one attached hydrogen (secondary N) is 2. The molecule has 0 bridgehead atoms. The van der Waals surface area contributed by atoms with Crippen molar-refractivity contribution in [1.82, 2.24) is 30.2 Å². The van der Waals surface area contributed by atoms with Crippen LogP contribution in [0.15, 0.2) is 12.7 Å². The zero-order valence-corrected chi connectivity index (χ0v) is 35.5. The molecule has 338 valence electrons. The fourth-order valence-electron chi connectivity index (χ4n) is 6.10. The fraction of sp³-hybridized carbons (Fsp3) is 0.690. The molecule has 2 amide bonds.